The van der Waals surface area contributed by atoms with Crippen LogP contribution in [0.15, 0.2) is 24.4 Å². The van der Waals surface area contributed by atoms with Gasteiger partial charge in [0.15, 0.2) is 5.78 Å². The van der Waals surface area contributed by atoms with Crippen molar-refractivity contribution < 1.29 is 19.4 Å². The van der Waals surface area contributed by atoms with Crippen molar-refractivity contribution in [3.8, 4) is 5.75 Å². The van der Waals surface area contributed by atoms with Gasteiger partial charge in [0.1, 0.15) is 11.6 Å². The van der Waals surface area contributed by atoms with Crippen LogP contribution < -0.4 is 20.3 Å². The maximum absolute atomic E-state index is 13.1. The number of hydrogen-bond acceptors (Lipinski definition) is 9. The van der Waals surface area contributed by atoms with Crippen LogP contribution in [0.2, 0.25) is 5.02 Å². The maximum Gasteiger partial charge on any atom is 0.227 e. The Morgan fingerprint density at radius 1 is 1.44 bits per heavy atom. The lowest BCUT2D eigenvalue weighted by Gasteiger charge is -2.24. The monoisotopic (exact) mass is 489 g/mol. The van der Waals surface area contributed by atoms with Gasteiger partial charge in [0.2, 0.25) is 5.95 Å². The average molecular weight is 490 g/mol. The molecule has 1 aromatic carbocycles. The van der Waals surface area contributed by atoms with E-state index in [4.69, 9.17) is 26.1 Å². The Morgan fingerprint density at radius 3 is 3.06 bits per heavy atom. The van der Waals surface area contributed by atoms with Gasteiger partial charge in [0.25, 0.3) is 0 Å². The van der Waals surface area contributed by atoms with Gasteiger partial charge in [-0.25, -0.2) is 4.98 Å². The van der Waals surface area contributed by atoms with Crippen molar-refractivity contribution >= 4 is 29.2 Å². The van der Waals surface area contributed by atoms with E-state index in [1.807, 2.05) is 23.1 Å². The zero-order chi connectivity index (χ0) is 23.9. The molecule has 0 radical (unpaired) electrons. The Morgan fingerprint density at radius 2 is 2.32 bits per heavy atom. The second-order valence-electron chi connectivity index (χ2n) is 8.59. The number of carbonyl (C=O) groups excluding carboxylic acids is 1. The van der Waals surface area contributed by atoms with E-state index in [0.29, 0.717) is 54.1 Å². The van der Waals surface area contributed by atoms with Gasteiger partial charge in [-0.15, -0.1) is 0 Å². The third kappa shape index (κ3) is 5.96. The molecule has 0 spiro atoms. The minimum absolute atomic E-state index is 0.00857. The molecule has 1 aromatic heterocycles. The molecule has 0 bridgehead atoms. The number of rotatable bonds is 10. The summed E-state index contributed by atoms with van der Waals surface area (Å²) in [7, 11) is 1.58. The Hall–Kier alpha value is -2.46. The number of ether oxygens (including phenoxy) is 2. The standard InChI is InChI=1S/C24H32ClN5O4/c1-33-22-7-4-16(11-20(22)25)12-27-23-19(21(32)6-5-18-13-26-8-10-34-18)14-28-24(29-23)30-9-2-3-17(30)15-31/h4,7,11,14,17-18,26,31H,2-3,5-6,8-10,12-13,15H2,1H3,(H,27,28,29). The molecule has 10 heteroatoms. The van der Waals surface area contributed by atoms with Crippen molar-refractivity contribution in [1.29, 1.82) is 0 Å². The highest BCUT2D eigenvalue weighted by Crippen LogP contribution is 2.27. The summed E-state index contributed by atoms with van der Waals surface area (Å²) in [6.07, 6.45) is 4.48. The fourth-order valence-electron chi connectivity index (χ4n) is 4.38. The van der Waals surface area contributed by atoms with E-state index in [-0.39, 0.29) is 24.5 Å². The van der Waals surface area contributed by atoms with Crippen molar-refractivity contribution in [2.24, 2.45) is 0 Å². The molecule has 2 aliphatic rings. The van der Waals surface area contributed by atoms with Gasteiger partial charge in [-0.1, -0.05) is 17.7 Å². The number of halogens is 1. The Labute approximate surface area is 204 Å². The highest BCUT2D eigenvalue weighted by Gasteiger charge is 2.27. The van der Waals surface area contributed by atoms with Crippen molar-refractivity contribution in [1.82, 2.24) is 15.3 Å². The van der Waals surface area contributed by atoms with E-state index >= 15 is 0 Å². The number of hydrogen-bond donors (Lipinski definition) is 3. The number of nitrogens with one attached hydrogen (secondary N) is 2. The second-order valence-corrected chi connectivity index (χ2v) is 8.99. The van der Waals surface area contributed by atoms with Crippen molar-refractivity contribution in [3.63, 3.8) is 0 Å². The molecule has 3 heterocycles. The summed E-state index contributed by atoms with van der Waals surface area (Å²) in [6.45, 7) is 3.51. The molecular formula is C24H32ClN5O4. The van der Waals surface area contributed by atoms with E-state index in [2.05, 4.69) is 15.6 Å². The first-order valence-corrected chi connectivity index (χ1v) is 12.1. The smallest absolute Gasteiger partial charge is 0.227 e. The first-order valence-electron chi connectivity index (χ1n) is 11.8. The molecule has 2 atom stereocenters. The van der Waals surface area contributed by atoms with Gasteiger partial charge in [-0.3, -0.25) is 4.79 Å². The highest BCUT2D eigenvalue weighted by molar-refractivity contribution is 6.32. The van der Waals surface area contributed by atoms with Crippen molar-refractivity contribution in [3.05, 3.63) is 40.5 Å². The molecule has 4 rings (SSSR count). The third-order valence-corrected chi connectivity index (χ3v) is 6.59. The number of aliphatic hydroxyl groups is 1. The fraction of sp³-hybridized carbons (Fsp3) is 0.542. The van der Waals surface area contributed by atoms with E-state index < -0.39 is 0 Å². The van der Waals surface area contributed by atoms with Crippen LogP contribution in [-0.4, -0.2) is 73.0 Å². The SMILES string of the molecule is COc1ccc(CNc2nc(N3CCCC3CO)ncc2C(=O)CCC2CNCCO2)cc1Cl. The molecule has 2 aromatic rings. The van der Waals surface area contributed by atoms with Crippen LogP contribution in [0.4, 0.5) is 11.8 Å². The van der Waals surface area contributed by atoms with Crippen LogP contribution in [0.1, 0.15) is 41.6 Å². The molecule has 2 unspecified atom stereocenters. The van der Waals surface area contributed by atoms with Gasteiger partial charge < -0.3 is 30.1 Å². The average Bonchev–Trinajstić information content (AvgIpc) is 3.35. The molecule has 184 valence electrons. The lowest BCUT2D eigenvalue weighted by atomic mass is 10.1. The molecule has 3 N–H and O–H groups in total. The number of benzene rings is 1. The number of methoxy groups -OCH3 is 1. The Balaban J connectivity index is 1.52. The summed E-state index contributed by atoms with van der Waals surface area (Å²) in [6, 6.07) is 5.54. The van der Waals surface area contributed by atoms with Gasteiger partial charge >= 0.3 is 0 Å². The topological polar surface area (TPSA) is 109 Å². The Bertz CT molecular complexity index is 986. The summed E-state index contributed by atoms with van der Waals surface area (Å²) in [5.41, 5.74) is 1.38. The first kappa shape index (κ1) is 24.7. The second kappa shape index (κ2) is 11.8. The van der Waals surface area contributed by atoms with Gasteiger partial charge in [0.05, 0.1) is 43.1 Å². The lowest BCUT2D eigenvalue weighted by Crippen LogP contribution is -2.38. The zero-order valence-electron chi connectivity index (χ0n) is 19.4. The summed E-state index contributed by atoms with van der Waals surface area (Å²) < 4.78 is 11.0. The lowest BCUT2D eigenvalue weighted by molar-refractivity contribution is 0.0224. The number of aromatic nitrogens is 2. The van der Waals surface area contributed by atoms with E-state index in [9.17, 15) is 9.90 Å². The molecule has 0 aliphatic carbocycles. The number of anilines is 2. The van der Waals surface area contributed by atoms with Crippen LogP contribution in [0.3, 0.4) is 0 Å². The maximum atomic E-state index is 13.1. The normalized spacial score (nSPS) is 20.4. The quantitative estimate of drug-likeness (QED) is 0.434. The number of carbonyl (C=O) groups is 1. The minimum Gasteiger partial charge on any atom is -0.495 e. The first-order chi connectivity index (χ1) is 16.6. The molecule has 2 saturated heterocycles. The number of morpholine rings is 1. The Kier molecular flexibility index (Phi) is 8.55. The molecule has 2 fully saturated rings. The molecule has 0 saturated carbocycles. The van der Waals surface area contributed by atoms with E-state index in [0.717, 1.165) is 38.0 Å². The number of aliphatic hydroxyl groups excluding tert-OH is 1. The van der Waals surface area contributed by atoms with Crippen LogP contribution in [0.5, 0.6) is 5.75 Å². The van der Waals surface area contributed by atoms with Crippen molar-refractivity contribution in [2.75, 3.05) is 50.2 Å². The number of nitrogens with zero attached hydrogens (tertiary/aromatic N) is 3. The predicted octanol–water partition coefficient (Wildman–Crippen LogP) is 2.66. The number of Topliss-reactive ketones (excluding diaryl/α,β-unsaturated/α-hetero) is 1. The summed E-state index contributed by atoms with van der Waals surface area (Å²) in [4.78, 5) is 24.3. The molecule has 9 nitrogen and oxygen atoms in total. The molecule has 34 heavy (non-hydrogen) atoms. The van der Waals surface area contributed by atoms with Crippen LogP contribution in [0.25, 0.3) is 0 Å². The summed E-state index contributed by atoms with van der Waals surface area (Å²) in [5.74, 6) is 1.57. The van der Waals surface area contributed by atoms with Gasteiger partial charge in [-0.2, -0.15) is 4.98 Å². The fourth-order valence-corrected chi connectivity index (χ4v) is 4.66. The molecule has 0 amide bonds. The van der Waals surface area contributed by atoms with Gasteiger partial charge in [-0.05, 0) is 37.0 Å². The summed E-state index contributed by atoms with van der Waals surface area (Å²) in [5, 5.41) is 16.8. The zero-order valence-corrected chi connectivity index (χ0v) is 20.2. The number of ketones is 1. The third-order valence-electron chi connectivity index (χ3n) is 6.30. The minimum atomic E-state index is -0.0314. The summed E-state index contributed by atoms with van der Waals surface area (Å²) >= 11 is 6.27. The largest absolute Gasteiger partial charge is 0.495 e. The predicted molar refractivity (Wildman–Crippen MR) is 131 cm³/mol. The van der Waals surface area contributed by atoms with Crippen LogP contribution >= 0.6 is 11.6 Å². The van der Waals surface area contributed by atoms with Crippen molar-refractivity contribution in [2.45, 2.75) is 44.4 Å². The molecule has 2 aliphatic heterocycles. The van der Waals surface area contributed by atoms with Crippen LogP contribution in [0, 0.1) is 0 Å². The van der Waals surface area contributed by atoms with E-state index in [1.165, 1.54) is 0 Å². The van der Waals surface area contributed by atoms with Gasteiger partial charge in [0, 0.05) is 38.8 Å². The van der Waals surface area contributed by atoms with Crippen LogP contribution in [-0.2, 0) is 11.3 Å². The highest BCUT2D eigenvalue weighted by atomic mass is 35.5. The van der Waals surface area contributed by atoms with E-state index in [1.54, 1.807) is 13.3 Å². The molecular weight excluding hydrogens is 458 g/mol.